The van der Waals surface area contributed by atoms with Crippen molar-refractivity contribution in [3.8, 4) is 5.75 Å². The summed E-state index contributed by atoms with van der Waals surface area (Å²) < 4.78 is 5.21. The summed E-state index contributed by atoms with van der Waals surface area (Å²) in [5, 5.41) is 3.57. The fourth-order valence-electron chi connectivity index (χ4n) is 3.28. The summed E-state index contributed by atoms with van der Waals surface area (Å²) in [4.78, 5) is 17.2. The van der Waals surface area contributed by atoms with E-state index in [-0.39, 0.29) is 11.9 Å². The van der Waals surface area contributed by atoms with Gasteiger partial charge in [0, 0.05) is 43.4 Å². The molecule has 1 amide bonds. The minimum Gasteiger partial charge on any atom is -0.497 e. The van der Waals surface area contributed by atoms with Crippen molar-refractivity contribution in [1.29, 1.82) is 0 Å². The van der Waals surface area contributed by atoms with Crippen LogP contribution in [0.5, 0.6) is 5.75 Å². The largest absolute Gasteiger partial charge is 0.497 e. The molecular weight excluding hydrogens is 362 g/mol. The van der Waals surface area contributed by atoms with E-state index in [1.165, 1.54) is 5.56 Å². The van der Waals surface area contributed by atoms with Crippen LogP contribution in [-0.2, 0) is 11.3 Å². The Morgan fingerprint density at radius 2 is 1.85 bits per heavy atom. The minimum absolute atomic E-state index is 0.000807. The van der Waals surface area contributed by atoms with Crippen molar-refractivity contribution in [3.05, 3.63) is 59.1 Å². The number of ether oxygens (including phenoxy) is 1. The molecule has 0 bridgehead atoms. The molecule has 1 fully saturated rings. The van der Waals surface area contributed by atoms with Crippen LogP contribution in [0.2, 0.25) is 5.02 Å². The molecule has 0 spiro atoms. The number of halogens is 1. The monoisotopic (exact) mass is 387 g/mol. The first kappa shape index (κ1) is 19.7. The molecule has 3 rings (SSSR count). The van der Waals surface area contributed by atoms with Gasteiger partial charge in [-0.1, -0.05) is 29.8 Å². The number of methoxy groups -OCH3 is 1. The number of rotatable bonds is 6. The summed E-state index contributed by atoms with van der Waals surface area (Å²) in [5.74, 6) is 0.879. The fourth-order valence-corrected chi connectivity index (χ4v) is 3.47. The highest BCUT2D eigenvalue weighted by molar-refractivity contribution is 6.30. The molecule has 0 radical (unpaired) electrons. The first-order chi connectivity index (χ1) is 13.0. The van der Waals surface area contributed by atoms with Gasteiger partial charge in [0.15, 0.2) is 0 Å². The Morgan fingerprint density at radius 1 is 1.15 bits per heavy atom. The van der Waals surface area contributed by atoms with Gasteiger partial charge in [-0.2, -0.15) is 0 Å². The average Bonchev–Trinajstić information content (AvgIpc) is 2.68. The number of anilines is 1. The van der Waals surface area contributed by atoms with E-state index in [0.29, 0.717) is 5.02 Å². The van der Waals surface area contributed by atoms with Crippen molar-refractivity contribution in [2.45, 2.75) is 19.5 Å². The van der Waals surface area contributed by atoms with E-state index < -0.39 is 0 Å². The lowest BCUT2D eigenvalue weighted by Crippen LogP contribution is -2.52. The SMILES string of the molecule is COc1ccc(CN2CCN([C@H](C)C(=O)Nc3cccc(Cl)c3)CC2)cc1. The minimum atomic E-state index is -0.174. The van der Waals surface area contributed by atoms with Crippen molar-refractivity contribution >= 4 is 23.2 Å². The van der Waals surface area contributed by atoms with E-state index in [1.54, 1.807) is 19.2 Å². The van der Waals surface area contributed by atoms with Crippen LogP contribution in [0.3, 0.4) is 0 Å². The predicted molar refractivity (Wildman–Crippen MR) is 109 cm³/mol. The van der Waals surface area contributed by atoms with Crippen molar-refractivity contribution in [1.82, 2.24) is 9.80 Å². The molecule has 1 atom stereocenters. The van der Waals surface area contributed by atoms with Crippen LogP contribution in [0.25, 0.3) is 0 Å². The molecule has 6 heteroatoms. The lowest BCUT2D eigenvalue weighted by molar-refractivity contribution is -0.121. The third-order valence-electron chi connectivity index (χ3n) is 4.99. The van der Waals surface area contributed by atoms with Crippen LogP contribution >= 0.6 is 11.6 Å². The summed E-state index contributed by atoms with van der Waals surface area (Å²) in [6, 6.07) is 15.3. The van der Waals surface area contributed by atoms with Gasteiger partial charge in [-0.3, -0.25) is 14.6 Å². The van der Waals surface area contributed by atoms with Gasteiger partial charge in [-0.05, 0) is 42.8 Å². The van der Waals surface area contributed by atoms with E-state index in [2.05, 4.69) is 27.2 Å². The smallest absolute Gasteiger partial charge is 0.241 e. The number of nitrogens with one attached hydrogen (secondary N) is 1. The topological polar surface area (TPSA) is 44.8 Å². The summed E-state index contributed by atoms with van der Waals surface area (Å²) in [5.41, 5.74) is 2.01. The second kappa shape index (κ2) is 9.22. The molecule has 0 unspecified atom stereocenters. The Morgan fingerprint density at radius 3 is 2.48 bits per heavy atom. The van der Waals surface area contributed by atoms with Gasteiger partial charge in [0.2, 0.25) is 5.91 Å². The quantitative estimate of drug-likeness (QED) is 0.824. The van der Waals surface area contributed by atoms with Gasteiger partial charge in [-0.15, -0.1) is 0 Å². The van der Waals surface area contributed by atoms with Crippen molar-refractivity contribution in [2.75, 3.05) is 38.6 Å². The molecule has 2 aromatic carbocycles. The Labute approximate surface area is 165 Å². The molecule has 1 saturated heterocycles. The average molecular weight is 388 g/mol. The first-order valence-corrected chi connectivity index (χ1v) is 9.59. The second-order valence-electron chi connectivity index (χ2n) is 6.84. The Kier molecular flexibility index (Phi) is 6.72. The van der Waals surface area contributed by atoms with Gasteiger partial charge in [-0.25, -0.2) is 0 Å². The number of carbonyl (C=O) groups excluding carboxylic acids is 1. The molecule has 144 valence electrons. The molecule has 0 aromatic heterocycles. The van der Waals surface area contributed by atoms with Gasteiger partial charge in [0.1, 0.15) is 5.75 Å². The third kappa shape index (κ3) is 5.45. The van der Waals surface area contributed by atoms with Gasteiger partial charge in [0.25, 0.3) is 0 Å². The summed E-state index contributed by atoms with van der Waals surface area (Å²) >= 11 is 5.98. The number of carbonyl (C=O) groups is 1. The van der Waals surface area contributed by atoms with Crippen LogP contribution in [0.4, 0.5) is 5.69 Å². The van der Waals surface area contributed by atoms with E-state index in [4.69, 9.17) is 16.3 Å². The summed E-state index contributed by atoms with van der Waals surface area (Å²) in [6.45, 7) is 6.52. The normalized spacial score (nSPS) is 16.7. The van der Waals surface area contributed by atoms with E-state index in [1.807, 2.05) is 31.2 Å². The molecule has 0 saturated carbocycles. The lowest BCUT2D eigenvalue weighted by atomic mass is 10.1. The Bertz CT molecular complexity index is 758. The number of hydrogen-bond donors (Lipinski definition) is 1. The van der Waals surface area contributed by atoms with Gasteiger partial charge in [0.05, 0.1) is 13.2 Å². The van der Waals surface area contributed by atoms with Gasteiger partial charge < -0.3 is 10.1 Å². The first-order valence-electron chi connectivity index (χ1n) is 9.21. The number of hydrogen-bond acceptors (Lipinski definition) is 4. The van der Waals surface area contributed by atoms with E-state index in [9.17, 15) is 4.79 Å². The molecule has 1 heterocycles. The van der Waals surface area contributed by atoms with Crippen molar-refractivity contribution in [2.24, 2.45) is 0 Å². The van der Waals surface area contributed by atoms with Crippen LogP contribution < -0.4 is 10.1 Å². The highest BCUT2D eigenvalue weighted by Crippen LogP contribution is 2.17. The van der Waals surface area contributed by atoms with Crippen molar-refractivity contribution < 1.29 is 9.53 Å². The maximum atomic E-state index is 12.5. The number of amides is 1. The van der Waals surface area contributed by atoms with Crippen LogP contribution in [0.1, 0.15) is 12.5 Å². The standard InChI is InChI=1S/C21H26ClN3O2/c1-16(21(26)23-19-5-3-4-18(22)14-19)25-12-10-24(11-13-25)15-17-6-8-20(27-2)9-7-17/h3-9,14,16H,10-13,15H2,1-2H3,(H,23,26)/t16-/m1/s1. The third-order valence-corrected chi connectivity index (χ3v) is 5.23. The van der Waals surface area contributed by atoms with Crippen LogP contribution in [-0.4, -0.2) is 55.0 Å². The molecule has 1 aliphatic rings. The van der Waals surface area contributed by atoms with Crippen molar-refractivity contribution in [3.63, 3.8) is 0 Å². The molecule has 5 nitrogen and oxygen atoms in total. The molecule has 2 aromatic rings. The summed E-state index contributed by atoms with van der Waals surface area (Å²) in [6.07, 6.45) is 0. The highest BCUT2D eigenvalue weighted by Gasteiger charge is 2.25. The highest BCUT2D eigenvalue weighted by atomic mass is 35.5. The van der Waals surface area contributed by atoms with Gasteiger partial charge >= 0.3 is 0 Å². The maximum Gasteiger partial charge on any atom is 0.241 e. The maximum absolute atomic E-state index is 12.5. The molecule has 1 aliphatic heterocycles. The number of nitrogens with zero attached hydrogens (tertiary/aromatic N) is 2. The predicted octanol–water partition coefficient (Wildman–Crippen LogP) is 3.49. The van der Waals surface area contributed by atoms with Crippen LogP contribution in [0.15, 0.2) is 48.5 Å². The fraction of sp³-hybridized carbons (Fsp3) is 0.381. The summed E-state index contributed by atoms with van der Waals surface area (Å²) in [7, 11) is 1.68. The molecule has 27 heavy (non-hydrogen) atoms. The number of benzene rings is 2. The molecule has 1 N–H and O–H groups in total. The van der Waals surface area contributed by atoms with Crippen LogP contribution in [0, 0.1) is 0 Å². The van der Waals surface area contributed by atoms with E-state index >= 15 is 0 Å². The Balaban J connectivity index is 1.48. The van der Waals surface area contributed by atoms with E-state index in [0.717, 1.165) is 44.2 Å². The Hall–Kier alpha value is -2.08. The zero-order valence-electron chi connectivity index (χ0n) is 15.8. The second-order valence-corrected chi connectivity index (χ2v) is 7.27. The molecular formula is C21H26ClN3O2. The molecule has 0 aliphatic carbocycles. The zero-order chi connectivity index (χ0) is 19.2. The zero-order valence-corrected chi connectivity index (χ0v) is 16.6. The lowest BCUT2D eigenvalue weighted by Gasteiger charge is -2.37. The number of piperazine rings is 1.